The third kappa shape index (κ3) is 11.6. The molecule has 0 spiro atoms. The van der Waals surface area contributed by atoms with E-state index in [0.717, 1.165) is 25.7 Å². The minimum absolute atomic E-state index is 0.379. The second kappa shape index (κ2) is 17.1. The smallest absolute Gasteiger partial charge is 0.408 e. The van der Waals surface area contributed by atoms with Crippen molar-refractivity contribution in [1.82, 2.24) is 5.32 Å². The van der Waals surface area contributed by atoms with Crippen LogP contribution in [-0.4, -0.2) is 18.2 Å². The second-order valence-electron chi connectivity index (χ2n) is 9.01. The van der Waals surface area contributed by atoms with Crippen LogP contribution < -0.4 is 5.32 Å². The van der Waals surface area contributed by atoms with Crippen molar-refractivity contribution in [1.29, 1.82) is 0 Å². The lowest BCUT2D eigenvalue weighted by atomic mass is 9.74. The van der Waals surface area contributed by atoms with Crippen LogP contribution in [0.25, 0.3) is 0 Å². The lowest BCUT2D eigenvalue weighted by Gasteiger charge is -2.31. The molecule has 180 valence electrons. The number of nitrogens with one attached hydrogen (secondary N) is 1. The normalized spacial score (nSPS) is 13.2. The summed E-state index contributed by atoms with van der Waals surface area (Å²) >= 11 is 0. The number of carbonyl (C=O) groups is 1. The van der Waals surface area contributed by atoms with Crippen LogP contribution in [0.1, 0.15) is 112 Å². The van der Waals surface area contributed by atoms with Gasteiger partial charge in [-0.2, -0.15) is 0 Å². The first-order valence-corrected chi connectivity index (χ1v) is 12.8. The average molecular weight is 434 g/mol. The van der Waals surface area contributed by atoms with Gasteiger partial charge >= 0.3 is 6.09 Å². The number of allylic oxidation sites excluding steroid dienone is 2. The molecule has 0 rings (SSSR count). The maximum atomic E-state index is 12.0. The fourth-order valence-corrected chi connectivity index (χ4v) is 4.55. The van der Waals surface area contributed by atoms with Gasteiger partial charge in [0, 0.05) is 6.54 Å². The predicted molar refractivity (Wildman–Crippen MR) is 136 cm³/mol. The first-order chi connectivity index (χ1) is 14.9. The van der Waals surface area contributed by atoms with E-state index in [1.165, 1.54) is 51.4 Å². The lowest BCUT2D eigenvalue weighted by Crippen LogP contribution is -2.37. The van der Waals surface area contributed by atoms with Crippen LogP contribution in [0.4, 0.5) is 4.79 Å². The van der Waals surface area contributed by atoms with Gasteiger partial charge in [0.1, 0.15) is 5.60 Å². The predicted octanol–water partition coefficient (Wildman–Crippen LogP) is 8.76. The number of carbonyl (C=O) groups excluding carboxylic acids is 1. The molecule has 0 fully saturated rings. The van der Waals surface area contributed by atoms with E-state index in [9.17, 15) is 4.79 Å². The first-order valence-electron chi connectivity index (χ1n) is 12.8. The van der Waals surface area contributed by atoms with Crippen LogP contribution in [0.5, 0.6) is 0 Å². The molecule has 1 N–H and O–H groups in total. The standard InChI is InChI=1S/C28H51NO2/c1-8-21-27(11-4,12-5)22-17-15-19-25(10-3)20-16-18-23-28(13-6,14-7)31-26(30)29-24-9-2/h9-10,18,23,25H,2-3,8,11-17,19-22,24H2,1,4-7H3,(H,29,30)/b23-18+. The maximum absolute atomic E-state index is 12.0. The van der Waals surface area contributed by atoms with E-state index in [4.69, 9.17) is 4.74 Å². The number of rotatable bonds is 19. The summed E-state index contributed by atoms with van der Waals surface area (Å²) < 4.78 is 5.72. The van der Waals surface area contributed by atoms with E-state index in [1.807, 2.05) is 0 Å². The van der Waals surface area contributed by atoms with Crippen LogP contribution in [0.2, 0.25) is 0 Å². The zero-order valence-corrected chi connectivity index (χ0v) is 21.3. The van der Waals surface area contributed by atoms with E-state index in [0.29, 0.717) is 17.9 Å². The van der Waals surface area contributed by atoms with Crippen LogP contribution in [0.3, 0.4) is 0 Å². The molecule has 1 atom stereocenters. The van der Waals surface area contributed by atoms with Gasteiger partial charge in [0.15, 0.2) is 0 Å². The van der Waals surface area contributed by atoms with Crippen molar-refractivity contribution in [2.24, 2.45) is 11.3 Å². The number of unbranched alkanes of at least 4 members (excludes halogenated alkanes) is 1. The molecule has 0 aliphatic rings. The van der Waals surface area contributed by atoms with Crippen molar-refractivity contribution < 1.29 is 9.53 Å². The van der Waals surface area contributed by atoms with Crippen molar-refractivity contribution >= 4 is 6.09 Å². The molecule has 0 bridgehead atoms. The molecule has 0 aliphatic heterocycles. The lowest BCUT2D eigenvalue weighted by molar-refractivity contribution is 0.0415. The Morgan fingerprint density at radius 2 is 1.65 bits per heavy atom. The van der Waals surface area contributed by atoms with E-state index in [1.54, 1.807) is 6.08 Å². The number of ether oxygens (including phenoxy) is 1. The van der Waals surface area contributed by atoms with Crippen molar-refractivity contribution in [3.8, 4) is 0 Å². The van der Waals surface area contributed by atoms with E-state index in [-0.39, 0.29) is 6.09 Å². The monoisotopic (exact) mass is 433 g/mol. The van der Waals surface area contributed by atoms with Crippen LogP contribution in [0, 0.1) is 11.3 Å². The number of hydrogen-bond donors (Lipinski definition) is 1. The zero-order valence-electron chi connectivity index (χ0n) is 21.3. The molecule has 1 unspecified atom stereocenters. The summed E-state index contributed by atoms with van der Waals surface area (Å²) in [4.78, 5) is 12.0. The summed E-state index contributed by atoms with van der Waals surface area (Å²) in [5.41, 5.74) is 0.0284. The molecular formula is C28H51NO2. The largest absolute Gasteiger partial charge is 0.439 e. The van der Waals surface area contributed by atoms with Crippen LogP contribution in [-0.2, 0) is 4.74 Å². The van der Waals surface area contributed by atoms with Gasteiger partial charge in [-0.3, -0.25) is 0 Å². The van der Waals surface area contributed by atoms with Crippen molar-refractivity contribution in [3.63, 3.8) is 0 Å². The van der Waals surface area contributed by atoms with E-state index in [2.05, 4.69) is 71.3 Å². The molecule has 0 saturated carbocycles. The molecule has 1 amide bonds. The van der Waals surface area contributed by atoms with Gasteiger partial charge in [-0.1, -0.05) is 85.0 Å². The zero-order chi connectivity index (χ0) is 23.6. The summed E-state index contributed by atoms with van der Waals surface area (Å²) in [6, 6.07) is 0. The third-order valence-corrected chi connectivity index (χ3v) is 7.16. The summed E-state index contributed by atoms with van der Waals surface area (Å²) in [6.07, 6.45) is 21.7. The minimum Gasteiger partial charge on any atom is -0.439 e. The summed E-state index contributed by atoms with van der Waals surface area (Å²) in [6.45, 7) is 19.3. The van der Waals surface area contributed by atoms with E-state index >= 15 is 0 Å². The van der Waals surface area contributed by atoms with Crippen molar-refractivity contribution in [2.75, 3.05) is 6.54 Å². The first kappa shape index (κ1) is 29.5. The van der Waals surface area contributed by atoms with Crippen LogP contribution >= 0.6 is 0 Å². The molecule has 3 nitrogen and oxygen atoms in total. The second-order valence-corrected chi connectivity index (χ2v) is 9.01. The molecule has 3 heteroatoms. The summed E-state index contributed by atoms with van der Waals surface area (Å²) in [7, 11) is 0. The van der Waals surface area contributed by atoms with Gasteiger partial charge in [-0.05, 0) is 62.4 Å². The fraction of sp³-hybridized carbons (Fsp3) is 0.750. The highest BCUT2D eigenvalue weighted by Crippen LogP contribution is 2.37. The van der Waals surface area contributed by atoms with E-state index < -0.39 is 5.60 Å². The molecule has 0 aromatic heterocycles. The Balaban J connectivity index is 4.53. The molecule has 31 heavy (non-hydrogen) atoms. The van der Waals surface area contributed by atoms with Gasteiger partial charge in [-0.25, -0.2) is 4.79 Å². The van der Waals surface area contributed by atoms with Gasteiger partial charge in [0.25, 0.3) is 0 Å². The SMILES string of the molecule is C=CCNC(=O)OC(/C=C/CCC(C=C)CCCCC(CC)(CC)CCC)(CC)CC. The van der Waals surface area contributed by atoms with Gasteiger partial charge in [0.2, 0.25) is 0 Å². The Kier molecular flexibility index (Phi) is 16.3. The molecular weight excluding hydrogens is 382 g/mol. The quantitative estimate of drug-likeness (QED) is 0.163. The van der Waals surface area contributed by atoms with Crippen molar-refractivity contribution in [3.05, 3.63) is 37.5 Å². The summed E-state index contributed by atoms with van der Waals surface area (Å²) in [5.74, 6) is 0.558. The minimum atomic E-state index is -0.530. The average Bonchev–Trinajstić information content (AvgIpc) is 2.80. The Morgan fingerprint density at radius 3 is 2.16 bits per heavy atom. The Hall–Kier alpha value is -1.51. The molecule has 0 saturated heterocycles. The number of hydrogen-bond acceptors (Lipinski definition) is 2. The molecule has 0 aromatic carbocycles. The molecule has 0 aromatic rings. The van der Waals surface area contributed by atoms with Crippen LogP contribution in [0.15, 0.2) is 37.5 Å². The topological polar surface area (TPSA) is 38.3 Å². The van der Waals surface area contributed by atoms with Gasteiger partial charge < -0.3 is 10.1 Å². The highest BCUT2D eigenvalue weighted by atomic mass is 16.6. The highest BCUT2D eigenvalue weighted by Gasteiger charge is 2.27. The molecule has 0 heterocycles. The highest BCUT2D eigenvalue weighted by molar-refractivity contribution is 5.68. The Labute approximate surface area is 193 Å². The Morgan fingerprint density at radius 1 is 0.968 bits per heavy atom. The number of alkyl carbamates (subject to hydrolysis) is 1. The Bertz CT molecular complexity index is 515. The molecule has 0 aliphatic carbocycles. The van der Waals surface area contributed by atoms with Gasteiger partial charge in [-0.15, -0.1) is 13.2 Å². The van der Waals surface area contributed by atoms with Crippen molar-refractivity contribution in [2.45, 2.75) is 117 Å². The maximum Gasteiger partial charge on any atom is 0.408 e. The fourth-order valence-electron chi connectivity index (χ4n) is 4.55. The summed E-state index contributed by atoms with van der Waals surface area (Å²) in [5, 5.41) is 2.70. The number of amides is 1. The third-order valence-electron chi connectivity index (χ3n) is 7.16. The molecule has 0 radical (unpaired) electrons. The van der Waals surface area contributed by atoms with Gasteiger partial charge in [0.05, 0.1) is 0 Å².